The smallest absolute Gasteiger partial charge is 0.196 e. The van der Waals surface area contributed by atoms with E-state index in [1.54, 1.807) is 24.3 Å². The number of aryl methyl sites for hydroxylation is 2. The normalized spacial score (nSPS) is 11.8. The van der Waals surface area contributed by atoms with Crippen molar-refractivity contribution in [1.82, 2.24) is 0 Å². The lowest BCUT2D eigenvalue weighted by molar-refractivity contribution is 0.505. The van der Waals surface area contributed by atoms with Crippen LogP contribution in [0.1, 0.15) is 11.5 Å². The van der Waals surface area contributed by atoms with E-state index >= 15 is 0 Å². The van der Waals surface area contributed by atoms with Gasteiger partial charge in [-0.3, -0.25) is 4.79 Å². The second-order valence-corrected chi connectivity index (χ2v) is 9.82. The Morgan fingerprint density at radius 1 is 0.964 bits per heavy atom. The first-order valence-electron chi connectivity index (χ1n) is 8.69. The van der Waals surface area contributed by atoms with Gasteiger partial charge in [0.15, 0.2) is 15.3 Å². The van der Waals surface area contributed by atoms with Crippen molar-refractivity contribution in [2.45, 2.75) is 18.7 Å². The third kappa shape index (κ3) is 3.19. The molecule has 2 heterocycles. The zero-order chi connectivity index (χ0) is 20.1. The summed E-state index contributed by atoms with van der Waals surface area (Å²) >= 11 is 1.52. The van der Waals surface area contributed by atoms with Crippen molar-refractivity contribution in [3.05, 3.63) is 76.3 Å². The summed E-state index contributed by atoms with van der Waals surface area (Å²) in [6.07, 6.45) is 1.18. The van der Waals surface area contributed by atoms with Crippen LogP contribution in [0.15, 0.2) is 68.7 Å². The average molecular weight is 411 g/mol. The maximum absolute atomic E-state index is 13.4. The minimum absolute atomic E-state index is 0.0551. The third-order valence-electron chi connectivity index (χ3n) is 4.65. The SMILES string of the molecule is Cc1cc(-c2c(-c3ccc(S(C)(=O)=O)cc3)sc3ccccc3c2=O)c(C)o1. The molecule has 142 valence electrons. The molecule has 0 spiro atoms. The topological polar surface area (TPSA) is 64.3 Å². The highest BCUT2D eigenvalue weighted by Crippen LogP contribution is 2.39. The Labute approximate surface area is 167 Å². The summed E-state index contributed by atoms with van der Waals surface area (Å²) < 4.78 is 30.1. The Morgan fingerprint density at radius 2 is 1.64 bits per heavy atom. The lowest BCUT2D eigenvalue weighted by atomic mass is 10.0. The standard InChI is InChI=1S/C22H18O4S2/c1-13-12-18(14(2)26-13)20-21(23)17-6-4-5-7-19(17)27-22(20)15-8-10-16(11-9-15)28(3,24)25/h4-12H,1-3H3. The largest absolute Gasteiger partial charge is 0.466 e. The molecular formula is C22H18O4S2. The van der Waals surface area contributed by atoms with Crippen LogP contribution in [0.2, 0.25) is 0 Å². The molecule has 0 N–H and O–H groups in total. The highest BCUT2D eigenvalue weighted by molar-refractivity contribution is 7.90. The first-order chi connectivity index (χ1) is 13.3. The molecule has 2 aromatic carbocycles. The van der Waals surface area contributed by atoms with E-state index in [9.17, 15) is 13.2 Å². The van der Waals surface area contributed by atoms with Crippen molar-refractivity contribution >= 4 is 31.3 Å². The van der Waals surface area contributed by atoms with Crippen LogP contribution in [-0.2, 0) is 9.84 Å². The molecule has 4 nitrogen and oxygen atoms in total. The predicted octanol–water partition coefficient (Wildman–Crippen LogP) is 5.21. The van der Waals surface area contributed by atoms with Crippen LogP contribution in [-0.4, -0.2) is 14.7 Å². The molecule has 0 saturated heterocycles. The zero-order valence-electron chi connectivity index (χ0n) is 15.6. The van der Waals surface area contributed by atoms with Gasteiger partial charge in [-0.2, -0.15) is 0 Å². The molecule has 0 bridgehead atoms. The van der Waals surface area contributed by atoms with Gasteiger partial charge in [0.25, 0.3) is 0 Å². The Kier molecular flexibility index (Phi) is 4.48. The van der Waals surface area contributed by atoms with Crippen molar-refractivity contribution in [3.63, 3.8) is 0 Å². The monoisotopic (exact) mass is 410 g/mol. The van der Waals surface area contributed by atoms with Gasteiger partial charge in [0.05, 0.1) is 10.5 Å². The van der Waals surface area contributed by atoms with Gasteiger partial charge < -0.3 is 4.42 Å². The molecule has 0 aliphatic rings. The fourth-order valence-corrected chi connectivity index (χ4v) is 5.15. The number of rotatable bonds is 3. The number of hydrogen-bond acceptors (Lipinski definition) is 5. The van der Waals surface area contributed by atoms with Gasteiger partial charge >= 0.3 is 0 Å². The van der Waals surface area contributed by atoms with Crippen LogP contribution in [0, 0.1) is 13.8 Å². The molecule has 4 rings (SSSR count). The molecule has 28 heavy (non-hydrogen) atoms. The minimum Gasteiger partial charge on any atom is -0.466 e. The highest BCUT2D eigenvalue weighted by atomic mass is 32.2. The van der Waals surface area contributed by atoms with E-state index < -0.39 is 9.84 Å². The van der Waals surface area contributed by atoms with Crippen molar-refractivity contribution in [3.8, 4) is 21.6 Å². The second kappa shape index (κ2) is 6.72. The maximum atomic E-state index is 13.4. The van der Waals surface area contributed by atoms with Gasteiger partial charge in [0.1, 0.15) is 11.5 Å². The Balaban J connectivity index is 2.06. The van der Waals surface area contributed by atoms with Crippen molar-refractivity contribution in [2.75, 3.05) is 6.26 Å². The summed E-state index contributed by atoms with van der Waals surface area (Å²) in [4.78, 5) is 14.4. The molecule has 0 saturated carbocycles. The van der Waals surface area contributed by atoms with Crippen molar-refractivity contribution < 1.29 is 12.8 Å². The molecular weight excluding hydrogens is 392 g/mol. The van der Waals surface area contributed by atoms with E-state index in [0.717, 1.165) is 26.5 Å². The fraction of sp³-hybridized carbons (Fsp3) is 0.136. The average Bonchev–Trinajstić information content (AvgIpc) is 2.99. The third-order valence-corrected chi connectivity index (χ3v) is 7.00. The Hall–Kier alpha value is -2.70. The van der Waals surface area contributed by atoms with Gasteiger partial charge in [0, 0.05) is 26.8 Å². The summed E-state index contributed by atoms with van der Waals surface area (Å²) in [6.45, 7) is 3.70. The van der Waals surface area contributed by atoms with Crippen LogP contribution in [0.5, 0.6) is 0 Å². The summed E-state index contributed by atoms with van der Waals surface area (Å²) in [5, 5.41) is 0.664. The molecule has 0 unspecified atom stereocenters. The van der Waals surface area contributed by atoms with Crippen LogP contribution >= 0.6 is 11.3 Å². The minimum atomic E-state index is -3.28. The molecule has 0 atom stereocenters. The quantitative estimate of drug-likeness (QED) is 0.465. The molecule has 0 radical (unpaired) electrons. The van der Waals surface area contributed by atoms with Gasteiger partial charge in [-0.25, -0.2) is 8.42 Å². The van der Waals surface area contributed by atoms with Crippen LogP contribution < -0.4 is 5.43 Å². The van der Waals surface area contributed by atoms with E-state index in [2.05, 4.69) is 0 Å². The van der Waals surface area contributed by atoms with Crippen LogP contribution in [0.4, 0.5) is 0 Å². The zero-order valence-corrected chi connectivity index (χ0v) is 17.3. The van der Waals surface area contributed by atoms with Gasteiger partial charge in [-0.1, -0.05) is 24.3 Å². The molecule has 6 heteroatoms. The number of furan rings is 1. The predicted molar refractivity (Wildman–Crippen MR) is 114 cm³/mol. The first-order valence-corrected chi connectivity index (χ1v) is 11.4. The maximum Gasteiger partial charge on any atom is 0.196 e. The number of hydrogen-bond donors (Lipinski definition) is 0. The highest BCUT2D eigenvalue weighted by Gasteiger charge is 2.20. The van der Waals surface area contributed by atoms with E-state index in [4.69, 9.17) is 4.42 Å². The lowest BCUT2D eigenvalue weighted by Crippen LogP contribution is -2.06. The lowest BCUT2D eigenvalue weighted by Gasteiger charge is -2.11. The van der Waals surface area contributed by atoms with Crippen LogP contribution in [0.25, 0.3) is 31.7 Å². The van der Waals surface area contributed by atoms with Gasteiger partial charge in [-0.15, -0.1) is 11.3 Å². The summed E-state index contributed by atoms with van der Waals surface area (Å²) in [7, 11) is -3.28. The molecule has 0 aliphatic carbocycles. The summed E-state index contributed by atoms with van der Waals surface area (Å²) in [5.74, 6) is 1.43. The molecule has 2 aromatic heterocycles. The van der Waals surface area contributed by atoms with E-state index in [0.29, 0.717) is 16.7 Å². The molecule has 0 amide bonds. The second-order valence-electron chi connectivity index (χ2n) is 6.75. The van der Waals surface area contributed by atoms with E-state index in [-0.39, 0.29) is 10.3 Å². The Bertz CT molecular complexity index is 1360. The fourth-order valence-electron chi connectivity index (χ4n) is 3.32. The Morgan fingerprint density at radius 3 is 2.25 bits per heavy atom. The van der Waals surface area contributed by atoms with E-state index in [1.807, 2.05) is 44.2 Å². The molecule has 0 aliphatic heterocycles. The van der Waals surface area contributed by atoms with Crippen molar-refractivity contribution in [1.29, 1.82) is 0 Å². The molecule has 4 aromatic rings. The summed E-state index contributed by atoms with van der Waals surface area (Å²) in [6, 6.07) is 16.1. The van der Waals surface area contributed by atoms with Gasteiger partial charge in [-0.05, 0) is 49.7 Å². The number of sulfone groups is 1. The van der Waals surface area contributed by atoms with E-state index in [1.165, 1.54) is 17.6 Å². The van der Waals surface area contributed by atoms with Crippen LogP contribution in [0.3, 0.4) is 0 Å². The summed E-state index contributed by atoms with van der Waals surface area (Å²) in [5.41, 5.74) is 2.10. The van der Waals surface area contributed by atoms with Gasteiger partial charge in [0.2, 0.25) is 0 Å². The first kappa shape index (κ1) is 18.7. The number of benzene rings is 2. The van der Waals surface area contributed by atoms with Crippen molar-refractivity contribution in [2.24, 2.45) is 0 Å². The molecule has 0 fully saturated rings. The number of fused-ring (bicyclic) bond motifs is 1.